The van der Waals surface area contributed by atoms with Gasteiger partial charge < -0.3 is 10.1 Å². The van der Waals surface area contributed by atoms with Crippen molar-refractivity contribution in [2.75, 3.05) is 12.4 Å². The molecule has 5 aromatic rings. The van der Waals surface area contributed by atoms with Crippen LogP contribution in [0, 0.1) is 0 Å². The number of amides is 1. The van der Waals surface area contributed by atoms with E-state index in [4.69, 9.17) is 21.4 Å². The summed E-state index contributed by atoms with van der Waals surface area (Å²) in [7, 11) is 1.51. The first-order valence-electron chi connectivity index (χ1n) is 10.0. The van der Waals surface area contributed by atoms with Gasteiger partial charge in [-0.05, 0) is 54.6 Å². The SMILES string of the molecule is COc1ccc(Cl)cc1C(=O)Nc1cccc(-c2ccc3nnc(-c4ccncc4)n3n2)c1. The van der Waals surface area contributed by atoms with Gasteiger partial charge in [0, 0.05) is 34.2 Å². The Balaban J connectivity index is 1.47. The number of ether oxygens (including phenoxy) is 1. The molecule has 33 heavy (non-hydrogen) atoms. The second kappa shape index (κ2) is 8.68. The molecule has 2 aromatic carbocycles. The van der Waals surface area contributed by atoms with E-state index < -0.39 is 0 Å². The van der Waals surface area contributed by atoms with Gasteiger partial charge in [-0.25, -0.2) is 0 Å². The Morgan fingerprint density at radius 3 is 2.64 bits per heavy atom. The zero-order valence-corrected chi connectivity index (χ0v) is 18.2. The minimum absolute atomic E-state index is 0.325. The number of benzene rings is 2. The molecule has 0 spiro atoms. The molecule has 0 atom stereocenters. The van der Waals surface area contributed by atoms with E-state index in [9.17, 15) is 4.79 Å². The number of carbonyl (C=O) groups excluding carboxylic acids is 1. The summed E-state index contributed by atoms with van der Waals surface area (Å²) in [6.45, 7) is 0. The van der Waals surface area contributed by atoms with Crippen LogP contribution in [0.4, 0.5) is 5.69 Å². The van der Waals surface area contributed by atoms with Crippen molar-refractivity contribution in [1.82, 2.24) is 24.8 Å². The molecule has 8 nitrogen and oxygen atoms in total. The first-order valence-corrected chi connectivity index (χ1v) is 10.4. The standard InChI is InChI=1S/C24H17ClN6O2/c1-33-21-7-5-17(25)14-19(21)24(32)27-18-4-2-3-16(13-18)20-6-8-22-28-29-23(31(22)30-20)15-9-11-26-12-10-15/h2-14H,1H3,(H,27,32). The second-order valence-electron chi connectivity index (χ2n) is 7.13. The molecule has 162 valence electrons. The molecule has 0 aliphatic heterocycles. The molecule has 3 aromatic heterocycles. The van der Waals surface area contributed by atoms with Crippen LogP contribution in [0.3, 0.4) is 0 Å². The lowest BCUT2D eigenvalue weighted by Gasteiger charge is -2.11. The van der Waals surface area contributed by atoms with Gasteiger partial charge in [-0.15, -0.1) is 10.2 Å². The van der Waals surface area contributed by atoms with Gasteiger partial charge in [0.2, 0.25) is 0 Å². The minimum atomic E-state index is -0.325. The first-order chi connectivity index (χ1) is 16.1. The molecule has 3 heterocycles. The summed E-state index contributed by atoms with van der Waals surface area (Å²) >= 11 is 6.06. The normalized spacial score (nSPS) is 10.8. The van der Waals surface area contributed by atoms with Gasteiger partial charge >= 0.3 is 0 Å². The molecule has 1 N–H and O–H groups in total. The Kier molecular flexibility index (Phi) is 5.42. The molecule has 0 bridgehead atoms. The van der Waals surface area contributed by atoms with Crippen LogP contribution in [0.2, 0.25) is 5.02 Å². The number of nitrogens with zero attached hydrogens (tertiary/aromatic N) is 5. The van der Waals surface area contributed by atoms with E-state index in [1.807, 2.05) is 42.5 Å². The molecule has 0 radical (unpaired) electrons. The van der Waals surface area contributed by atoms with E-state index in [1.54, 1.807) is 41.2 Å². The average molecular weight is 457 g/mol. The lowest BCUT2D eigenvalue weighted by Crippen LogP contribution is -2.13. The highest BCUT2D eigenvalue weighted by atomic mass is 35.5. The number of fused-ring (bicyclic) bond motifs is 1. The number of methoxy groups -OCH3 is 1. The zero-order valence-electron chi connectivity index (χ0n) is 17.4. The predicted molar refractivity (Wildman–Crippen MR) is 125 cm³/mol. The van der Waals surface area contributed by atoms with Crippen molar-refractivity contribution < 1.29 is 9.53 Å². The number of aromatic nitrogens is 5. The number of hydrogen-bond acceptors (Lipinski definition) is 6. The quantitative estimate of drug-likeness (QED) is 0.409. The van der Waals surface area contributed by atoms with Gasteiger partial charge in [-0.1, -0.05) is 23.7 Å². The third kappa shape index (κ3) is 4.11. The summed E-state index contributed by atoms with van der Waals surface area (Å²) in [6.07, 6.45) is 3.39. The maximum absolute atomic E-state index is 12.8. The third-order valence-corrected chi connectivity index (χ3v) is 5.26. The summed E-state index contributed by atoms with van der Waals surface area (Å²) < 4.78 is 6.97. The maximum Gasteiger partial charge on any atom is 0.259 e. The Morgan fingerprint density at radius 2 is 1.82 bits per heavy atom. The molecule has 0 aliphatic carbocycles. The van der Waals surface area contributed by atoms with E-state index in [0.29, 0.717) is 39.2 Å². The lowest BCUT2D eigenvalue weighted by atomic mass is 10.1. The molecule has 0 saturated heterocycles. The number of anilines is 1. The molecule has 9 heteroatoms. The summed E-state index contributed by atoms with van der Waals surface area (Å²) in [4.78, 5) is 16.9. The van der Waals surface area contributed by atoms with Crippen LogP contribution < -0.4 is 10.1 Å². The van der Waals surface area contributed by atoms with Gasteiger partial charge in [0.15, 0.2) is 11.5 Å². The highest BCUT2D eigenvalue weighted by Crippen LogP contribution is 2.26. The maximum atomic E-state index is 12.8. The predicted octanol–water partition coefficient (Wildman–Crippen LogP) is 4.77. The van der Waals surface area contributed by atoms with E-state index in [1.165, 1.54) is 7.11 Å². The van der Waals surface area contributed by atoms with Crippen LogP contribution in [0.1, 0.15) is 10.4 Å². The number of hydrogen-bond donors (Lipinski definition) is 1. The molecule has 1 amide bonds. The van der Waals surface area contributed by atoms with Crippen molar-refractivity contribution in [1.29, 1.82) is 0 Å². The first kappa shape index (κ1) is 20.6. The smallest absolute Gasteiger partial charge is 0.259 e. The topological polar surface area (TPSA) is 94.3 Å². The summed E-state index contributed by atoms with van der Waals surface area (Å²) in [6, 6.07) is 19.7. The third-order valence-electron chi connectivity index (χ3n) is 5.02. The van der Waals surface area contributed by atoms with Crippen LogP contribution in [0.25, 0.3) is 28.3 Å². The van der Waals surface area contributed by atoms with Crippen LogP contribution in [-0.4, -0.2) is 37.8 Å². The van der Waals surface area contributed by atoms with Crippen molar-refractivity contribution in [2.45, 2.75) is 0 Å². The molecule has 0 aliphatic rings. The van der Waals surface area contributed by atoms with Crippen molar-refractivity contribution in [3.63, 3.8) is 0 Å². The molecule has 0 saturated carbocycles. The van der Waals surface area contributed by atoms with Crippen LogP contribution in [-0.2, 0) is 0 Å². The fourth-order valence-electron chi connectivity index (χ4n) is 3.44. The number of carbonyl (C=O) groups is 1. The molecule has 0 unspecified atom stereocenters. The summed E-state index contributed by atoms with van der Waals surface area (Å²) in [5.74, 6) is 0.733. The highest BCUT2D eigenvalue weighted by Gasteiger charge is 2.15. The van der Waals surface area contributed by atoms with Crippen LogP contribution >= 0.6 is 11.6 Å². The second-order valence-corrected chi connectivity index (χ2v) is 7.56. The zero-order chi connectivity index (χ0) is 22.8. The Hall–Kier alpha value is -4.30. The van der Waals surface area contributed by atoms with E-state index in [-0.39, 0.29) is 5.91 Å². The van der Waals surface area contributed by atoms with Crippen molar-refractivity contribution in [3.05, 3.63) is 89.7 Å². The minimum Gasteiger partial charge on any atom is -0.496 e. The van der Waals surface area contributed by atoms with Gasteiger partial charge in [0.25, 0.3) is 5.91 Å². The summed E-state index contributed by atoms with van der Waals surface area (Å²) in [5.41, 5.74) is 3.97. The largest absolute Gasteiger partial charge is 0.496 e. The molecular formula is C24H17ClN6O2. The average Bonchev–Trinajstić information content (AvgIpc) is 3.28. The Bertz CT molecular complexity index is 1470. The highest BCUT2D eigenvalue weighted by molar-refractivity contribution is 6.31. The Morgan fingerprint density at radius 1 is 0.970 bits per heavy atom. The van der Waals surface area contributed by atoms with Crippen LogP contribution in [0.5, 0.6) is 5.75 Å². The van der Waals surface area contributed by atoms with Gasteiger partial charge in [0.05, 0.1) is 18.4 Å². The summed E-state index contributed by atoms with van der Waals surface area (Å²) in [5, 5.41) is 16.5. The number of nitrogens with one attached hydrogen (secondary N) is 1. The number of rotatable bonds is 5. The van der Waals surface area contributed by atoms with Gasteiger partial charge in [-0.2, -0.15) is 9.61 Å². The van der Waals surface area contributed by atoms with E-state index in [2.05, 4.69) is 20.5 Å². The van der Waals surface area contributed by atoms with Gasteiger partial charge in [0.1, 0.15) is 5.75 Å². The molecule has 0 fully saturated rings. The fourth-order valence-corrected chi connectivity index (χ4v) is 3.61. The number of halogens is 1. The van der Waals surface area contributed by atoms with Crippen molar-refractivity contribution >= 4 is 28.8 Å². The van der Waals surface area contributed by atoms with E-state index in [0.717, 1.165) is 11.1 Å². The van der Waals surface area contributed by atoms with Crippen LogP contribution in [0.15, 0.2) is 79.1 Å². The van der Waals surface area contributed by atoms with E-state index >= 15 is 0 Å². The van der Waals surface area contributed by atoms with Gasteiger partial charge in [-0.3, -0.25) is 9.78 Å². The fraction of sp³-hybridized carbons (Fsp3) is 0.0417. The molecule has 5 rings (SSSR count). The molecular weight excluding hydrogens is 440 g/mol. The monoisotopic (exact) mass is 456 g/mol. The number of pyridine rings is 1. The lowest BCUT2D eigenvalue weighted by molar-refractivity contribution is 0.102. The van der Waals surface area contributed by atoms with Crippen molar-refractivity contribution in [2.24, 2.45) is 0 Å². The Labute approximate surface area is 193 Å². The van der Waals surface area contributed by atoms with Crippen molar-refractivity contribution in [3.8, 4) is 28.4 Å².